The lowest BCUT2D eigenvalue weighted by molar-refractivity contribution is 0.0472. The first-order valence-corrected chi connectivity index (χ1v) is 10.2. The molecule has 0 aliphatic heterocycles. The van der Waals surface area contributed by atoms with Gasteiger partial charge in [-0.25, -0.2) is 13.2 Å². The maximum Gasteiger partial charge on any atom is 0.338 e. The van der Waals surface area contributed by atoms with Crippen molar-refractivity contribution in [2.45, 2.75) is 18.4 Å². The van der Waals surface area contributed by atoms with E-state index in [9.17, 15) is 13.2 Å². The molecule has 0 amide bonds. The summed E-state index contributed by atoms with van der Waals surface area (Å²) in [5.41, 5.74) is 2.71. The molecule has 0 radical (unpaired) electrons. The van der Waals surface area contributed by atoms with E-state index in [1.807, 2.05) is 37.3 Å². The second-order valence-electron chi connectivity index (χ2n) is 6.39. The van der Waals surface area contributed by atoms with Crippen LogP contribution in [0.3, 0.4) is 0 Å². The molecule has 0 aliphatic rings. The zero-order chi connectivity index (χ0) is 20.1. The molecule has 3 aromatic rings. The average Bonchev–Trinajstić information content (AvgIpc) is 2.72. The van der Waals surface area contributed by atoms with Gasteiger partial charge >= 0.3 is 5.97 Å². The van der Waals surface area contributed by atoms with Gasteiger partial charge in [0.2, 0.25) is 0 Å². The highest BCUT2D eigenvalue weighted by Gasteiger charge is 2.21. The molecule has 0 aliphatic carbocycles. The fraction of sp³-hybridized carbons (Fsp3) is 0.136. The van der Waals surface area contributed by atoms with Crippen molar-refractivity contribution < 1.29 is 17.9 Å². The summed E-state index contributed by atoms with van der Waals surface area (Å²) in [6, 6.07) is 22.4. The fourth-order valence-electron chi connectivity index (χ4n) is 2.62. The number of rotatable bonds is 6. The van der Waals surface area contributed by atoms with Crippen LogP contribution < -0.4 is 4.31 Å². The van der Waals surface area contributed by atoms with E-state index < -0.39 is 16.0 Å². The van der Waals surface area contributed by atoms with Crippen LogP contribution in [-0.2, 0) is 21.4 Å². The zero-order valence-electron chi connectivity index (χ0n) is 15.7. The SMILES string of the molecule is Cc1ccc(S(=O)(=O)N(C)c2ccc(C(=O)OCc3ccccc3)cc2)cc1. The van der Waals surface area contributed by atoms with Gasteiger partial charge in [-0.1, -0.05) is 48.0 Å². The molecule has 0 bridgehead atoms. The van der Waals surface area contributed by atoms with E-state index in [-0.39, 0.29) is 11.5 Å². The normalized spacial score (nSPS) is 11.1. The quantitative estimate of drug-likeness (QED) is 0.588. The number of nitrogens with zero attached hydrogens (tertiary/aromatic N) is 1. The van der Waals surface area contributed by atoms with Gasteiger partial charge in [0.25, 0.3) is 10.0 Å². The predicted octanol–water partition coefficient (Wildman–Crippen LogP) is 4.18. The number of esters is 1. The lowest BCUT2D eigenvalue weighted by Gasteiger charge is -2.19. The molecule has 3 aromatic carbocycles. The van der Waals surface area contributed by atoms with E-state index in [4.69, 9.17) is 4.74 Å². The third-order valence-electron chi connectivity index (χ3n) is 4.36. The highest BCUT2D eigenvalue weighted by molar-refractivity contribution is 7.92. The maximum atomic E-state index is 12.8. The summed E-state index contributed by atoms with van der Waals surface area (Å²) in [7, 11) is -2.19. The lowest BCUT2D eigenvalue weighted by atomic mass is 10.2. The minimum atomic E-state index is -3.67. The predicted molar refractivity (Wildman–Crippen MR) is 109 cm³/mol. The van der Waals surface area contributed by atoms with E-state index in [2.05, 4.69) is 0 Å². The Kier molecular flexibility index (Phi) is 5.80. The van der Waals surface area contributed by atoms with Crippen LogP contribution in [0.2, 0.25) is 0 Å². The number of carbonyl (C=O) groups excluding carboxylic acids is 1. The monoisotopic (exact) mass is 395 g/mol. The highest BCUT2D eigenvalue weighted by Crippen LogP contribution is 2.23. The summed E-state index contributed by atoms with van der Waals surface area (Å²) >= 11 is 0. The molecule has 28 heavy (non-hydrogen) atoms. The van der Waals surface area contributed by atoms with Gasteiger partial charge in [0.1, 0.15) is 6.61 Å². The summed E-state index contributed by atoms with van der Waals surface area (Å²) in [6.07, 6.45) is 0. The number of anilines is 1. The number of benzene rings is 3. The van der Waals surface area contributed by atoms with Gasteiger partial charge < -0.3 is 4.74 Å². The molecule has 6 heteroatoms. The number of aryl methyl sites for hydroxylation is 1. The molecule has 144 valence electrons. The van der Waals surface area contributed by atoms with Crippen LogP contribution in [0.1, 0.15) is 21.5 Å². The minimum absolute atomic E-state index is 0.184. The molecule has 0 saturated carbocycles. The van der Waals surface area contributed by atoms with Crippen LogP contribution in [0.25, 0.3) is 0 Å². The average molecular weight is 395 g/mol. The number of hydrogen-bond acceptors (Lipinski definition) is 4. The van der Waals surface area contributed by atoms with Gasteiger partial charge in [0, 0.05) is 7.05 Å². The van der Waals surface area contributed by atoms with Crippen LogP contribution >= 0.6 is 0 Å². The summed E-state index contributed by atoms with van der Waals surface area (Å²) in [4.78, 5) is 12.4. The molecule has 0 spiro atoms. The molecule has 3 rings (SSSR count). The van der Waals surface area contributed by atoms with E-state index in [0.717, 1.165) is 11.1 Å². The van der Waals surface area contributed by atoms with Crippen molar-refractivity contribution in [3.63, 3.8) is 0 Å². The third kappa shape index (κ3) is 4.40. The molecule has 0 fully saturated rings. The first-order valence-electron chi connectivity index (χ1n) is 8.74. The van der Waals surface area contributed by atoms with Gasteiger partial charge in [-0.05, 0) is 48.9 Å². The van der Waals surface area contributed by atoms with Crippen LogP contribution in [0.5, 0.6) is 0 Å². The van der Waals surface area contributed by atoms with Crippen molar-refractivity contribution in [2.75, 3.05) is 11.4 Å². The Morgan fingerprint density at radius 3 is 2.11 bits per heavy atom. The molecule has 0 saturated heterocycles. The Bertz CT molecular complexity index is 1040. The Morgan fingerprint density at radius 1 is 0.893 bits per heavy atom. The van der Waals surface area contributed by atoms with E-state index >= 15 is 0 Å². The molecule has 0 unspecified atom stereocenters. The first-order chi connectivity index (χ1) is 13.4. The third-order valence-corrected chi connectivity index (χ3v) is 6.16. The molecule has 0 N–H and O–H groups in total. The minimum Gasteiger partial charge on any atom is -0.457 e. The summed E-state index contributed by atoms with van der Waals surface area (Å²) in [6.45, 7) is 2.08. The van der Waals surface area contributed by atoms with Crippen LogP contribution in [-0.4, -0.2) is 21.4 Å². The molecular formula is C22H21NO4S. The van der Waals surface area contributed by atoms with Crippen LogP contribution in [0.4, 0.5) is 5.69 Å². The fourth-order valence-corrected chi connectivity index (χ4v) is 3.82. The summed E-state index contributed by atoms with van der Waals surface area (Å²) in [5, 5.41) is 0. The Labute approximate surface area is 165 Å². The van der Waals surface area contributed by atoms with Crippen molar-refractivity contribution >= 4 is 21.7 Å². The standard InChI is InChI=1S/C22H21NO4S/c1-17-8-14-21(15-9-17)28(25,26)23(2)20-12-10-19(11-13-20)22(24)27-16-18-6-4-3-5-7-18/h3-15H,16H2,1-2H3. The second kappa shape index (κ2) is 8.27. The summed E-state index contributed by atoms with van der Waals surface area (Å²) < 4.78 is 32.0. The van der Waals surface area contributed by atoms with Crippen molar-refractivity contribution in [3.8, 4) is 0 Å². The second-order valence-corrected chi connectivity index (χ2v) is 8.36. The van der Waals surface area contributed by atoms with Crippen molar-refractivity contribution in [2.24, 2.45) is 0 Å². The first kappa shape index (κ1) is 19.6. The Hall–Kier alpha value is -3.12. The molecule has 5 nitrogen and oxygen atoms in total. The van der Waals surface area contributed by atoms with Crippen molar-refractivity contribution in [3.05, 3.63) is 95.6 Å². The van der Waals surface area contributed by atoms with Gasteiger partial charge in [-0.2, -0.15) is 0 Å². The summed E-state index contributed by atoms with van der Waals surface area (Å²) in [5.74, 6) is -0.459. The Morgan fingerprint density at radius 2 is 1.50 bits per heavy atom. The molecule has 0 heterocycles. The Balaban J connectivity index is 1.70. The van der Waals surface area contributed by atoms with Crippen molar-refractivity contribution in [1.82, 2.24) is 0 Å². The largest absolute Gasteiger partial charge is 0.457 e. The van der Waals surface area contributed by atoms with Gasteiger partial charge in [0.05, 0.1) is 16.1 Å². The van der Waals surface area contributed by atoms with E-state index in [1.165, 1.54) is 11.4 Å². The smallest absolute Gasteiger partial charge is 0.338 e. The van der Waals surface area contributed by atoms with E-state index in [1.54, 1.807) is 48.5 Å². The molecule has 0 aromatic heterocycles. The number of carbonyl (C=O) groups is 1. The number of sulfonamides is 1. The van der Waals surface area contributed by atoms with Gasteiger partial charge in [-0.15, -0.1) is 0 Å². The van der Waals surface area contributed by atoms with Gasteiger partial charge in [0.15, 0.2) is 0 Å². The van der Waals surface area contributed by atoms with Crippen LogP contribution in [0, 0.1) is 6.92 Å². The number of ether oxygens (including phenoxy) is 1. The molecule has 0 atom stereocenters. The van der Waals surface area contributed by atoms with Crippen molar-refractivity contribution in [1.29, 1.82) is 0 Å². The highest BCUT2D eigenvalue weighted by atomic mass is 32.2. The maximum absolute atomic E-state index is 12.8. The van der Waals surface area contributed by atoms with Gasteiger partial charge in [-0.3, -0.25) is 4.31 Å². The topological polar surface area (TPSA) is 63.7 Å². The molecular weight excluding hydrogens is 374 g/mol. The van der Waals surface area contributed by atoms with E-state index in [0.29, 0.717) is 11.3 Å². The lowest BCUT2D eigenvalue weighted by Crippen LogP contribution is -2.26. The van der Waals surface area contributed by atoms with Crippen LogP contribution in [0.15, 0.2) is 83.8 Å². The zero-order valence-corrected chi connectivity index (χ0v) is 16.5. The number of hydrogen-bond donors (Lipinski definition) is 0.